The van der Waals surface area contributed by atoms with E-state index in [-0.39, 0.29) is 66.9 Å². The van der Waals surface area contributed by atoms with Gasteiger partial charge < -0.3 is 29.2 Å². The number of alkyl halides is 3. The first-order valence-corrected chi connectivity index (χ1v) is 18.2. The van der Waals surface area contributed by atoms with E-state index in [9.17, 15) is 27.6 Å². The minimum absolute atomic E-state index is 0.00112. The van der Waals surface area contributed by atoms with Gasteiger partial charge in [-0.25, -0.2) is 9.97 Å². The first-order chi connectivity index (χ1) is 25.9. The topological polar surface area (TPSA) is 149 Å². The van der Waals surface area contributed by atoms with Gasteiger partial charge >= 0.3 is 6.18 Å². The van der Waals surface area contributed by atoms with E-state index in [1.54, 1.807) is 16.4 Å². The molecule has 2 fully saturated rings. The van der Waals surface area contributed by atoms with Crippen LogP contribution in [0.4, 0.5) is 24.5 Å². The molecule has 1 aliphatic heterocycles. The van der Waals surface area contributed by atoms with Crippen molar-refractivity contribution in [2.24, 2.45) is 0 Å². The third-order valence-corrected chi connectivity index (χ3v) is 10.2. The Bertz CT molecular complexity index is 2190. The van der Waals surface area contributed by atoms with Gasteiger partial charge in [-0.05, 0) is 69.2 Å². The van der Waals surface area contributed by atoms with Gasteiger partial charge in [-0.1, -0.05) is 24.6 Å². The van der Waals surface area contributed by atoms with Crippen LogP contribution in [-0.2, 0) is 28.7 Å². The highest BCUT2D eigenvalue weighted by Crippen LogP contribution is 2.35. The van der Waals surface area contributed by atoms with Crippen LogP contribution in [0.25, 0.3) is 11.4 Å². The molecule has 286 valence electrons. The number of benzene rings is 1. The van der Waals surface area contributed by atoms with E-state index in [1.807, 2.05) is 17.9 Å². The fourth-order valence-corrected chi connectivity index (χ4v) is 7.17. The van der Waals surface area contributed by atoms with Crippen LogP contribution in [0.3, 0.4) is 0 Å². The number of halogens is 4. The highest BCUT2D eigenvalue weighted by atomic mass is 35.5. The molecule has 1 saturated carbocycles. The van der Waals surface area contributed by atoms with Crippen molar-refractivity contribution in [1.29, 1.82) is 0 Å². The van der Waals surface area contributed by atoms with Crippen LogP contribution >= 0.6 is 11.6 Å². The zero-order valence-electron chi connectivity index (χ0n) is 30.0. The largest absolute Gasteiger partial charge is 0.492 e. The summed E-state index contributed by atoms with van der Waals surface area (Å²) in [4.78, 5) is 58.1. The van der Waals surface area contributed by atoms with Gasteiger partial charge in [0.2, 0.25) is 11.7 Å². The Labute approximate surface area is 312 Å². The quantitative estimate of drug-likeness (QED) is 0.235. The van der Waals surface area contributed by atoms with Gasteiger partial charge in [0.15, 0.2) is 17.3 Å². The van der Waals surface area contributed by atoms with E-state index in [0.717, 1.165) is 43.0 Å². The molecular formula is C36H39ClF3N9O5. The molecule has 18 heteroatoms. The molecule has 7 rings (SSSR count). The number of rotatable bonds is 10. The number of methoxy groups -OCH3 is 1. The minimum Gasteiger partial charge on any atom is -0.492 e. The van der Waals surface area contributed by atoms with Crippen molar-refractivity contribution < 1.29 is 32.2 Å². The summed E-state index contributed by atoms with van der Waals surface area (Å²) in [6, 6.07) is 2.68. The maximum absolute atomic E-state index is 14.4. The van der Waals surface area contributed by atoms with Gasteiger partial charge in [0.05, 0.1) is 47.0 Å². The predicted octanol–water partition coefficient (Wildman–Crippen LogP) is 4.95. The number of hydrogen-bond acceptors (Lipinski definition) is 10. The third kappa shape index (κ3) is 7.51. The number of carbonyl (C=O) groups is 2. The highest BCUT2D eigenvalue weighted by molar-refractivity contribution is 6.33. The molecule has 2 amide bonds. The molecule has 4 heterocycles. The van der Waals surface area contributed by atoms with Crippen LogP contribution in [-0.4, -0.2) is 91.3 Å². The van der Waals surface area contributed by atoms with Gasteiger partial charge in [0.1, 0.15) is 18.6 Å². The molecule has 0 radical (unpaired) electrons. The van der Waals surface area contributed by atoms with Gasteiger partial charge in [-0.2, -0.15) is 22.7 Å². The Hall–Kier alpha value is -5.03. The number of aryl methyl sites for hydroxylation is 1. The summed E-state index contributed by atoms with van der Waals surface area (Å²) in [5.74, 6) is -0.134. The Morgan fingerprint density at radius 3 is 2.46 bits per heavy atom. The van der Waals surface area contributed by atoms with E-state index >= 15 is 0 Å². The molecule has 54 heavy (non-hydrogen) atoms. The van der Waals surface area contributed by atoms with Crippen LogP contribution < -0.4 is 20.5 Å². The molecule has 3 aliphatic rings. The smallest absolute Gasteiger partial charge is 0.416 e. The summed E-state index contributed by atoms with van der Waals surface area (Å²) >= 11 is 6.16. The van der Waals surface area contributed by atoms with E-state index in [1.165, 1.54) is 18.0 Å². The molecular weight excluding hydrogens is 731 g/mol. The van der Waals surface area contributed by atoms with Crippen LogP contribution in [0.2, 0.25) is 5.02 Å². The number of fused-ring (bicyclic) bond motifs is 1. The number of hydrogen-bond donors (Lipinski definition) is 1. The van der Waals surface area contributed by atoms with Crippen molar-refractivity contribution in [3.63, 3.8) is 0 Å². The molecule has 0 bridgehead atoms. The highest BCUT2D eigenvalue weighted by Gasteiger charge is 2.33. The summed E-state index contributed by atoms with van der Waals surface area (Å²) in [5.41, 5.74) is 0.973. The SMILES string of the molecule is CCc1c(N2CCN(C(=O)c3ncnc(C)c3OC)CC2)c(=O)n2nc(C3=CCC(OC4CC4)CC3)nc2n1CC(=O)Nc1ccc(C(F)(F)F)cc1Cl. The fraction of sp³-hybridized carbons (Fsp3) is 0.472. The number of allylic oxidation sites excluding steroid dienone is 1. The fourth-order valence-electron chi connectivity index (χ4n) is 6.95. The monoisotopic (exact) mass is 769 g/mol. The van der Waals surface area contributed by atoms with Crippen molar-refractivity contribution in [2.45, 2.75) is 77.3 Å². The molecule has 1 aromatic carbocycles. The summed E-state index contributed by atoms with van der Waals surface area (Å²) in [6.07, 6.45) is 3.78. The zero-order chi connectivity index (χ0) is 38.3. The zero-order valence-corrected chi connectivity index (χ0v) is 30.7. The molecule has 2 aliphatic carbocycles. The lowest BCUT2D eigenvalue weighted by Gasteiger charge is -2.36. The molecule has 14 nitrogen and oxygen atoms in total. The van der Waals surface area contributed by atoms with Crippen LogP contribution in [0.5, 0.6) is 5.75 Å². The van der Waals surface area contributed by atoms with Crippen LogP contribution in [0, 0.1) is 6.92 Å². The average molecular weight is 770 g/mol. The maximum Gasteiger partial charge on any atom is 0.416 e. The van der Waals surface area contributed by atoms with E-state index < -0.39 is 23.2 Å². The summed E-state index contributed by atoms with van der Waals surface area (Å²) in [7, 11) is 1.45. The molecule has 4 aromatic rings. The lowest BCUT2D eigenvalue weighted by molar-refractivity contribution is -0.137. The molecule has 0 spiro atoms. The normalized spacial score (nSPS) is 17.8. The van der Waals surface area contributed by atoms with E-state index in [0.29, 0.717) is 54.0 Å². The number of piperazine rings is 1. The third-order valence-electron chi connectivity index (χ3n) is 9.86. The molecule has 1 atom stereocenters. The predicted molar refractivity (Wildman–Crippen MR) is 193 cm³/mol. The molecule has 1 saturated heterocycles. The summed E-state index contributed by atoms with van der Waals surface area (Å²) < 4.78 is 54.1. The number of carbonyl (C=O) groups excluding carboxylic acids is 2. The van der Waals surface area contributed by atoms with Crippen molar-refractivity contribution >= 4 is 46.1 Å². The average Bonchev–Trinajstić information content (AvgIpc) is 3.86. The second-order valence-electron chi connectivity index (χ2n) is 13.5. The minimum atomic E-state index is -4.61. The summed E-state index contributed by atoms with van der Waals surface area (Å²) in [5, 5.41) is 6.99. The van der Waals surface area contributed by atoms with E-state index in [2.05, 4.69) is 20.4 Å². The number of anilines is 2. The van der Waals surface area contributed by atoms with Crippen molar-refractivity contribution in [2.75, 3.05) is 43.5 Å². The van der Waals surface area contributed by atoms with E-state index in [4.69, 9.17) is 26.1 Å². The Morgan fingerprint density at radius 2 is 1.83 bits per heavy atom. The Kier molecular flexibility index (Phi) is 10.4. The molecule has 1 unspecified atom stereocenters. The lowest BCUT2D eigenvalue weighted by Crippen LogP contribution is -2.51. The number of aromatic nitrogens is 6. The van der Waals surface area contributed by atoms with Gasteiger partial charge in [-0.3, -0.25) is 14.4 Å². The number of ether oxygens (including phenoxy) is 2. The number of amides is 2. The second kappa shape index (κ2) is 15.0. The first kappa shape index (κ1) is 37.3. The Balaban J connectivity index is 1.21. The van der Waals surface area contributed by atoms with Gasteiger partial charge in [0, 0.05) is 26.2 Å². The van der Waals surface area contributed by atoms with Crippen molar-refractivity contribution in [1.82, 2.24) is 34.0 Å². The van der Waals surface area contributed by atoms with Gasteiger partial charge in [-0.15, -0.1) is 5.10 Å². The van der Waals surface area contributed by atoms with Crippen molar-refractivity contribution in [3.05, 3.63) is 74.4 Å². The number of nitrogens with zero attached hydrogens (tertiary/aromatic N) is 8. The first-order valence-electron chi connectivity index (χ1n) is 17.8. The summed E-state index contributed by atoms with van der Waals surface area (Å²) in [6.45, 7) is 4.32. The Morgan fingerprint density at radius 1 is 1.07 bits per heavy atom. The van der Waals surface area contributed by atoms with Gasteiger partial charge in [0.25, 0.3) is 11.5 Å². The molecule has 1 N–H and O–H groups in total. The lowest BCUT2D eigenvalue weighted by atomic mass is 9.96. The van der Waals surface area contributed by atoms with Crippen LogP contribution in [0.1, 0.15) is 72.3 Å². The maximum atomic E-state index is 14.4. The molecule has 3 aromatic heterocycles. The standard InChI is InChI=1S/C36H39ClF3N9O5/c1-4-27-30(46-13-15-47(16-14-46)33(51)29-31(53-3)20(2)41-19-42-29)34(52)49-35(44-32(45-49)21-5-8-23(9-6-21)54-24-10-11-24)48(27)18-28(50)43-26-12-7-22(17-25(26)37)36(38,39)40/h5,7,12,17,19,23-24H,4,6,8-11,13-16,18H2,1-3H3,(H,43,50). The van der Waals surface area contributed by atoms with Crippen molar-refractivity contribution in [3.8, 4) is 5.75 Å². The number of nitrogens with one attached hydrogen (secondary N) is 1. The second-order valence-corrected chi connectivity index (χ2v) is 13.9. The van der Waals surface area contributed by atoms with Crippen LogP contribution in [0.15, 0.2) is 35.4 Å².